The molecule has 0 atom stereocenters. The number of carboxylic acid groups (broad SMARTS) is 6. The monoisotopic (exact) mass is 342 g/mol. The Bertz CT molecular complexity index is 575. The highest BCUT2D eigenvalue weighted by Gasteiger charge is 2.70. The Kier molecular flexibility index (Phi) is 4.30. The van der Waals surface area contributed by atoms with Crippen LogP contribution in [-0.4, -0.2) is 35.8 Å². The third-order valence-corrected chi connectivity index (χ3v) is 4.39. The van der Waals surface area contributed by atoms with E-state index in [1.165, 1.54) is 0 Å². The van der Waals surface area contributed by atoms with Crippen molar-refractivity contribution in [3.05, 3.63) is 0 Å². The van der Waals surface area contributed by atoms with Crippen molar-refractivity contribution < 1.29 is 59.4 Å². The van der Waals surface area contributed by atoms with Gasteiger partial charge in [-0.2, -0.15) is 0 Å². The first kappa shape index (κ1) is 18.9. The molecule has 0 aromatic heterocycles. The van der Waals surface area contributed by atoms with Gasteiger partial charge in [-0.15, -0.1) is 0 Å². The van der Waals surface area contributed by atoms with Gasteiger partial charge in [0.2, 0.25) is 0 Å². The molecule has 1 aliphatic rings. The van der Waals surface area contributed by atoms with Crippen molar-refractivity contribution in [1.29, 1.82) is 0 Å². The van der Waals surface area contributed by atoms with Gasteiger partial charge in [-0.25, -0.2) is 0 Å². The smallest absolute Gasteiger partial charge is 0.0815 e. The van der Waals surface area contributed by atoms with E-state index in [2.05, 4.69) is 0 Å². The molecule has 12 heteroatoms. The van der Waals surface area contributed by atoms with E-state index in [1.54, 1.807) is 0 Å². The molecule has 132 valence electrons. The first-order valence-corrected chi connectivity index (χ1v) is 6.16. The van der Waals surface area contributed by atoms with Crippen molar-refractivity contribution in [2.75, 3.05) is 0 Å². The van der Waals surface area contributed by atoms with Crippen LogP contribution in [0.1, 0.15) is 19.3 Å². The Labute approximate surface area is 131 Å². The Morgan fingerprint density at radius 3 is 0.917 bits per heavy atom. The maximum atomic E-state index is 11.5. The van der Waals surface area contributed by atoms with Gasteiger partial charge in [0.1, 0.15) is 0 Å². The number of hydrogen-bond donors (Lipinski definition) is 0. The fraction of sp³-hybridized carbons (Fsp3) is 0.500. The lowest BCUT2D eigenvalue weighted by Gasteiger charge is -2.64. The predicted octanol–water partition coefficient (Wildman–Crippen LogP) is -9.37. The molecule has 0 unspecified atom stereocenters. The quantitative estimate of drug-likeness (QED) is 0.408. The van der Waals surface area contributed by atoms with Crippen LogP contribution in [0.3, 0.4) is 0 Å². The third kappa shape index (κ3) is 1.73. The van der Waals surface area contributed by atoms with Crippen LogP contribution >= 0.6 is 0 Å². The lowest BCUT2D eigenvalue weighted by Crippen LogP contribution is -2.83. The Hall–Kier alpha value is -3.18. The second-order valence-corrected chi connectivity index (χ2v) is 5.14. The fourth-order valence-corrected chi connectivity index (χ4v) is 3.33. The average molecular weight is 342 g/mol. The topological polar surface area (TPSA) is 241 Å². The first-order chi connectivity index (χ1) is 10.9. The molecule has 24 heavy (non-hydrogen) atoms. The summed E-state index contributed by atoms with van der Waals surface area (Å²) in [5.41, 5.74) is -12.9. The summed E-state index contributed by atoms with van der Waals surface area (Å²) in [5, 5.41) is 68.3. The van der Waals surface area contributed by atoms with Crippen LogP contribution in [0.2, 0.25) is 0 Å². The summed E-state index contributed by atoms with van der Waals surface area (Å²) < 4.78 is 0. The summed E-state index contributed by atoms with van der Waals surface area (Å²) in [6.07, 6.45) is -3.52. The van der Waals surface area contributed by atoms with E-state index in [0.717, 1.165) is 0 Å². The zero-order valence-electron chi connectivity index (χ0n) is 11.5. The molecule has 1 aliphatic carbocycles. The van der Waals surface area contributed by atoms with Gasteiger partial charge < -0.3 is 59.4 Å². The van der Waals surface area contributed by atoms with E-state index < -0.39 is 71.3 Å². The van der Waals surface area contributed by atoms with Crippen LogP contribution in [0.4, 0.5) is 0 Å². The normalized spacial score (nSPS) is 20.5. The van der Waals surface area contributed by atoms with Gasteiger partial charge in [0.25, 0.3) is 0 Å². The maximum Gasteiger partial charge on any atom is 0.0815 e. The summed E-state index contributed by atoms with van der Waals surface area (Å²) in [4.78, 5) is 68.3. The van der Waals surface area contributed by atoms with Gasteiger partial charge in [-0.3, -0.25) is 0 Å². The van der Waals surface area contributed by atoms with Crippen LogP contribution in [0.25, 0.3) is 0 Å². The van der Waals surface area contributed by atoms with Crippen molar-refractivity contribution in [2.45, 2.75) is 19.3 Å². The number of carbonyl (C=O) groups excluding carboxylic acids is 6. The van der Waals surface area contributed by atoms with E-state index in [1.807, 2.05) is 0 Å². The standard InChI is InChI=1S/C12H12O12/c13-4(14)10(5(15)16)2-1-3-11(6(17)18,7(19)20)12(10,8(21)22)9(23)24/h1-3H2,(H,13,14)(H,15,16)(H,17,18)(H,19,20)(H,21,22)(H,23,24)/p-6. The minimum absolute atomic E-state index is 0.855. The molecule has 0 spiro atoms. The molecule has 1 rings (SSSR count). The molecule has 0 radical (unpaired) electrons. The largest absolute Gasteiger partial charge is 0.549 e. The molecular weight excluding hydrogens is 336 g/mol. The highest BCUT2D eigenvalue weighted by atomic mass is 16.4. The molecule has 0 N–H and O–H groups in total. The second-order valence-electron chi connectivity index (χ2n) is 5.14. The molecule has 12 nitrogen and oxygen atoms in total. The molecule has 0 bridgehead atoms. The number of aliphatic carboxylic acids is 6. The average Bonchev–Trinajstić information content (AvgIpc) is 2.43. The van der Waals surface area contributed by atoms with E-state index in [0.29, 0.717) is 0 Å². The van der Waals surface area contributed by atoms with Crippen molar-refractivity contribution in [3.63, 3.8) is 0 Å². The Morgan fingerprint density at radius 1 is 0.500 bits per heavy atom. The number of hydrogen-bond acceptors (Lipinski definition) is 12. The zero-order chi connectivity index (χ0) is 19.1. The first-order valence-electron chi connectivity index (χ1n) is 6.16. The summed E-state index contributed by atoms with van der Waals surface area (Å²) in [6.45, 7) is 0. The van der Waals surface area contributed by atoms with Gasteiger partial charge >= 0.3 is 0 Å². The fourth-order valence-electron chi connectivity index (χ4n) is 3.33. The molecule has 0 saturated heterocycles. The van der Waals surface area contributed by atoms with Crippen molar-refractivity contribution in [2.24, 2.45) is 16.2 Å². The summed E-state index contributed by atoms with van der Waals surface area (Å²) >= 11 is 0. The van der Waals surface area contributed by atoms with E-state index >= 15 is 0 Å². The molecular formula is C12H6O12-6. The highest BCUT2D eigenvalue weighted by Crippen LogP contribution is 2.59. The van der Waals surface area contributed by atoms with E-state index in [-0.39, 0.29) is 0 Å². The predicted molar refractivity (Wildman–Crippen MR) is 51.2 cm³/mol. The zero-order valence-corrected chi connectivity index (χ0v) is 11.5. The number of carboxylic acids is 6. The molecule has 0 aromatic carbocycles. The van der Waals surface area contributed by atoms with E-state index in [4.69, 9.17) is 0 Å². The molecule has 0 amide bonds. The lowest BCUT2D eigenvalue weighted by molar-refractivity contribution is -0.403. The second kappa shape index (κ2) is 5.47. The minimum Gasteiger partial charge on any atom is -0.549 e. The number of rotatable bonds is 6. The van der Waals surface area contributed by atoms with Gasteiger partial charge in [-0.1, -0.05) is 6.42 Å². The summed E-state index contributed by atoms with van der Waals surface area (Å²) in [7, 11) is 0. The molecule has 0 aromatic rings. The summed E-state index contributed by atoms with van der Waals surface area (Å²) in [6, 6.07) is 0. The minimum atomic E-state index is -4.65. The maximum absolute atomic E-state index is 11.5. The van der Waals surface area contributed by atoms with Crippen molar-refractivity contribution in [3.8, 4) is 0 Å². The van der Waals surface area contributed by atoms with Crippen LogP contribution < -0.4 is 30.6 Å². The Morgan fingerprint density at radius 2 is 0.750 bits per heavy atom. The van der Waals surface area contributed by atoms with Crippen molar-refractivity contribution in [1.82, 2.24) is 0 Å². The molecule has 0 aliphatic heterocycles. The van der Waals surface area contributed by atoms with Crippen LogP contribution in [0.5, 0.6) is 0 Å². The van der Waals surface area contributed by atoms with Gasteiger partial charge in [0.05, 0.1) is 52.1 Å². The molecule has 0 heterocycles. The Balaban J connectivity index is 4.23. The highest BCUT2D eigenvalue weighted by molar-refractivity contribution is 6.19. The van der Waals surface area contributed by atoms with Gasteiger partial charge in [0.15, 0.2) is 0 Å². The van der Waals surface area contributed by atoms with Gasteiger partial charge in [0, 0.05) is 0 Å². The van der Waals surface area contributed by atoms with Crippen LogP contribution in [-0.2, 0) is 28.8 Å². The lowest BCUT2D eigenvalue weighted by atomic mass is 9.44. The van der Waals surface area contributed by atoms with Gasteiger partial charge in [-0.05, 0) is 12.8 Å². The summed E-state index contributed by atoms with van der Waals surface area (Å²) in [5.74, 6) is -17.9. The third-order valence-electron chi connectivity index (χ3n) is 4.39. The SMILES string of the molecule is O=C([O-])C1(C(=O)[O-])CCCC(C(=O)[O-])(C(=O)[O-])C1(C(=O)[O-])C(=O)[O-]. The van der Waals surface area contributed by atoms with Crippen LogP contribution in [0.15, 0.2) is 0 Å². The van der Waals surface area contributed by atoms with E-state index in [9.17, 15) is 59.4 Å². The van der Waals surface area contributed by atoms with Crippen LogP contribution in [0, 0.1) is 16.2 Å². The number of carbonyl (C=O) groups is 6. The molecule has 1 fully saturated rings. The molecule has 1 saturated carbocycles. The van der Waals surface area contributed by atoms with Crippen molar-refractivity contribution >= 4 is 35.8 Å².